The molecule has 0 aromatic heterocycles. The van der Waals surface area contributed by atoms with Crippen molar-refractivity contribution in [3.05, 3.63) is 92.8 Å². The molecule has 1 aliphatic heterocycles. The van der Waals surface area contributed by atoms with Gasteiger partial charge in [0.05, 0.1) is 23.6 Å². The monoisotopic (exact) mass is 529 g/mol. The van der Waals surface area contributed by atoms with Gasteiger partial charge in [-0.1, -0.05) is 59.6 Å². The highest BCUT2D eigenvalue weighted by atomic mass is 35.5. The second kappa shape index (κ2) is 11.5. The summed E-state index contributed by atoms with van der Waals surface area (Å²) in [5.41, 5.74) is 1.52. The summed E-state index contributed by atoms with van der Waals surface area (Å²) in [6, 6.07) is 19.8. The van der Waals surface area contributed by atoms with E-state index in [9.17, 15) is 9.59 Å². The summed E-state index contributed by atoms with van der Waals surface area (Å²) >= 11 is 13.4. The van der Waals surface area contributed by atoms with Crippen molar-refractivity contribution >= 4 is 52.2 Å². The molecule has 0 radical (unpaired) electrons. The first kappa shape index (κ1) is 25.0. The van der Waals surface area contributed by atoms with Crippen LogP contribution in [-0.4, -0.2) is 36.3 Å². The van der Waals surface area contributed by atoms with Crippen molar-refractivity contribution in [2.75, 3.05) is 20.3 Å². The Bertz CT molecular complexity index is 1280. The zero-order valence-corrected chi connectivity index (χ0v) is 21.0. The zero-order chi connectivity index (χ0) is 24.8. The minimum absolute atomic E-state index is 0.121. The Balaban J connectivity index is 1.37. The molecule has 2 amide bonds. The summed E-state index contributed by atoms with van der Waals surface area (Å²) in [5.74, 6) is 1.24. The highest BCUT2D eigenvalue weighted by molar-refractivity contribution is 8.18. The molecule has 0 unspecified atom stereocenters. The van der Waals surface area contributed by atoms with Gasteiger partial charge in [-0.2, -0.15) is 0 Å². The van der Waals surface area contributed by atoms with Crippen LogP contribution < -0.4 is 14.2 Å². The summed E-state index contributed by atoms with van der Waals surface area (Å²) < 4.78 is 16.7. The van der Waals surface area contributed by atoms with E-state index in [0.29, 0.717) is 37.8 Å². The maximum absolute atomic E-state index is 12.8. The molecule has 0 saturated carbocycles. The number of para-hydroxylation sites is 2. The van der Waals surface area contributed by atoms with Gasteiger partial charge in [0.25, 0.3) is 11.1 Å². The zero-order valence-electron chi connectivity index (χ0n) is 18.7. The van der Waals surface area contributed by atoms with Crippen molar-refractivity contribution in [1.29, 1.82) is 0 Å². The minimum Gasteiger partial charge on any atom is -0.493 e. The van der Waals surface area contributed by atoms with Crippen LogP contribution in [0.25, 0.3) is 6.08 Å². The third-order valence-corrected chi connectivity index (χ3v) is 6.68. The van der Waals surface area contributed by atoms with E-state index in [2.05, 4.69) is 0 Å². The molecule has 9 heteroatoms. The average Bonchev–Trinajstić information content (AvgIpc) is 3.12. The Morgan fingerprint density at radius 2 is 1.63 bits per heavy atom. The van der Waals surface area contributed by atoms with E-state index in [0.717, 1.165) is 22.2 Å². The SMILES string of the molecule is COc1ccccc1OCCN1C(=O)S/C(=C\c2ccc(OCc3ccccc3Cl)c(Cl)c2)C1=O. The van der Waals surface area contributed by atoms with Crippen molar-refractivity contribution < 1.29 is 23.8 Å². The molecule has 0 N–H and O–H groups in total. The molecule has 180 valence electrons. The topological polar surface area (TPSA) is 65.1 Å². The van der Waals surface area contributed by atoms with E-state index in [1.165, 1.54) is 0 Å². The first-order chi connectivity index (χ1) is 17.0. The maximum Gasteiger partial charge on any atom is 0.293 e. The summed E-state index contributed by atoms with van der Waals surface area (Å²) in [5, 5.41) is 0.648. The average molecular weight is 530 g/mol. The van der Waals surface area contributed by atoms with Crippen LogP contribution in [0.1, 0.15) is 11.1 Å². The molecule has 4 rings (SSSR count). The third kappa shape index (κ3) is 6.11. The van der Waals surface area contributed by atoms with Gasteiger partial charge in [-0.25, -0.2) is 0 Å². The van der Waals surface area contributed by atoms with Gasteiger partial charge < -0.3 is 14.2 Å². The lowest BCUT2D eigenvalue weighted by atomic mass is 10.2. The van der Waals surface area contributed by atoms with Gasteiger partial charge in [0.1, 0.15) is 19.0 Å². The number of hydrogen-bond acceptors (Lipinski definition) is 6. The Hall–Kier alpha value is -3.13. The van der Waals surface area contributed by atoms with Gasteiger partial charge in [0.15, 0.2) is 11.5 Å². The fraction of sp³-hybridized carbons (Fsp3) is 0.154. The lowest BCUT2D eigenvalue weighted by Gasteiger charge is -2.14. The first-order valence-electron chi connectivity index (χ1n) is 10.6. The summed E-state index contributed by atoms with van der Waals surface area (Å²) in [7, 11) is 1.55. The maximum atomic E-state index is 12.8. The van der Waals surface area contributed by atoms with Crippen molar-refractivity contribution in [2.45, 2.75) is 6.61 Å². The van der Waals surface area contributed by atoms with Crippen LogP contribution in [-0.2, 0) is 11.4 Å². The van der Waals surface area contributed by atoms with Crippen LogP contribution in [0, 0.1) is 0 Å². The normalized spacial score (nSPS) is 14.5. The number of carbonyl (C=O) groups is 2. The molecule has 1 heterocycles. The number of imide groups is 1. The Morgan fingerprint density at radius 3 is 2.37 bits per heavy atom. The molecule has 3 aromatic carbocycles. The molecule has 3 aromatic rings. The Kier molecular flexibility index (Phi) is 8.23. The van der Waals surface area contributed by atoms with Crippen molar-refractivity contribution in [2.24, 2.45) is 0 Å². The molecule has 35 heavy (non-hydrogen) atoms. The lowest BCUT2D eigenvalue weighted by Crippen LogP contribution is -2.32. The molecular weight excluding hydrogens is 509 g/mol. The van der Waals surface area contributed by atoms with Crippen LogP contribution in [0.3, 0.4) is 0 Å². The Labute approximate surface area is 217 Å². The number of thioether (sulfide) groups is 1. The van der Waals surface area contributed by atoms with Gasteiger partial charge in [0, 0.05) is 10.6 Å². The standard InChI is InChI=1S/C26H21Cl2NO5S/c1-32-22-8-4-5-9-23(22)33-13-12-29-25(30)24(35-26(29)31)15-17-10-11-21(20(28)14-17)34-16-18-6-2-3-7-19(18)27/h2-11,14-15H,12-13,16H2,1H3/b24-15-. The van der Waals surface area contributed by atoms with Gasteiger partial charge in [-0.05, 0) is 53.7 Å². The van der Waals surface area contributed by atoms with Gasteiger partial charge in [0.2, 0.25) is 0 Å². The quantitative estimate of drug-likeness (QED) is 0.287. The first-order valence-corrected chi connectivity index (χ1v) is 12.2. The summed E-state index contributed by atoms with van der Waals surface area (Å²) in [4.78, 5) is 26.7. The van der Waals surface area contributed by atoms with Gasteiger partial charge in [-0.15, -0.1) is 0 Å². The van der Waals surface area contributed by atoms with E-state index in [1.807, 2.05) is 30.3 Å². The molecular formula is C26H21Cl2NO5S. The number of amides is 2. The van der Waals surface area contributed by atoms with Crippen LogP contribution in [0.2, 0.25) is 10.0 Å². The van der Waals surface area contributed by atoms with E-state index in [1.54, 1.807) is 49.6 Å². The largest absolute Gasteiger partial charge is 0.493 e. The van der Waals surface area contributed by atoms with E-state index in [4.69, 9.17) is 37.4 Å². The number of rotatable bonds is 9. The summed E-state index contributed by atoms with van der Waals surface area (Å²) in [6.07, 6.45) is 1.63. The third-order valence-electron chi connectivity index (χ3n) is 5.11. The van der Waals surface area contributed by atoms with Crippen molar-refractivity contribution in [3.63, 3.8) is 0 Å². The van der Waals surface area contributed by atoms with Gasteiger partial charge in [-0.3, -0.25) is 14.5 Å². The molecule has 1 aliphatic rings. The fourth-order valence-electron chi connectivity index (χ4n) is 3.32. The molecule has 0 spiro atoms. The highest BCUT2D eigenvalue weighted by Crippen LogP contribution is 2.34. The van der Waals surface area contributed by atoms with E-state index >= 15 is 0 Å². The molecule has 0 atom stereocenters. The summed E-state index contributed by atoms with van der Waals surface area (Å²) in [6.45, 7) is 0.541. The smallest absolute Gasteiger partial charge is 0.293 e. The molecule has 0 aliphatic carbocycles. The van der Waals surface area contributed by atoms with E-state index < -0.39 is 0 Å². The number of ether oxygens (including phenoxy) is 3. The molecule has 0 bridgehead atoms. The molecule has 6 nitrogen and oxygen atoms in total. The number of methoxy groups -OCH3 is 1. The predicted molar refractivity (Wildman–Crippen MR) is 138 cm³/mol. The van der Waals surface area contributed by atoms with Crippen LogP contribution in [0.5, 0.6) is 17.2 Å². The van der Waals surface area contributed by atoms with Crippen LogP contribution >= 0.6 is 35.0 Å². The number of halogens is 2. The highest BCUT2D eigenvalue weighted by Gasteiger charge is 2.34. The number of benzene rings is 3. The van der Waals surface area contributed by atoms with Gasteiger partial charge >= 0.3 is 0 Å². The number of carbonyl (C=O) groups excluding carboxylic acids is 2. The molecule has 1 saturated heterocycles. The fourth-order valence-corrected chi connectivity index (χ4v) is 4.62. The lowest BCUT2D eigenvalue weighted by molar-refractivity contribution is -0.123. The predicted octanol–water partition coefficient (Wildman–Crippen LogP) is 6.70. The van der Waals surface area contributed by atoms with Crippen LogP contribution in [0.4, 0.5) is 4.79 Å². The second-order valence-electron chi connectivity index (χ2n) is 7.40. The Morgan fingerprint density at radius 1 is 0.886 bits per heavy atom. The molecule has 1 fully saturated rings. The minimum atomic E-state index is -0.376. The van der Waals surface area contributed by atoms with E-state index in [-0.39, 0.29) is 30.9 Å². The number of hydrogen-bond donors (Lipinski definition) is 0. The van der Waals surface area contributed by atoms with Crippen LogP contribution in [0.15, 0.2) is 71.6 Å². The second-order valence-corrected chi connectivity index (χ2v) is 9.21. The number of nitrogens with zero attached hydrogens (tertiary/aromatic N) is 1. The van der Waals surface area contributed by atoms with Crippen molar-refractivity contribution in [3.8, 4) is 17.2 Å². The van der Waals surface area contributed by atoms with Crippen molar-refractivity contribution in [1.82, 2.24) is 4.90 Å².